The van der Waals surface area contributed by atoms with Crippen molar-refractivity contribution in [3.63, 3.8) is 0 Å². The smallest absolute Gasteiger partial charge is 0.341 e. The van der Waals surface area contributed by atoms with E-state index in [0.29, 0.717) is 29.3 Å². The number of ether oxygens (including phenoxy) is 1. The van der Waals surface area contributed by atoms with Crippen LogP contribution in [0.5, 0.6) is 0 Å². The highest BCUT2D eigenvalue weighted by Gasteiger charge is 2.25. The number of nitrogens with zero attached hydrogens (tertiary/aromatic N) is 3. The van der Waals surface area contributed by atoms with E-state index in [9.17, 15) is 19.7 Å². The van der Waals surface area contributed by atoms with Gasteiger partial charge < -0.3 is 10.1 Å². The number of esters is 1. The van der Waals surface area contributed by atoms with E-state index in [-0.39, 0.29) is 22.2 Å². The fraction of sp³-hybridized carbons (Fsp3) is 0.357. The number of amides is 1. The van der Waals surface area contributed by atoms with E-state index in [1.807, 2.05) is 6.92 Å². The molecule has 10 heteroatoms. The maximum Gasteiger partial charge on any atom is 0.341 e. The van der Waals surface area contributed by atoms with Gasteiger partial charge in [-0.25, -0.2) is 4.79 Å². The molecule has 128 valence electrons. The van der Waals surface area contributed by atoms with Gasteiger partial charge >= 0.3 is 11.0 Å². The molecule has 0 bridgehead atoms. The summed E-state index contributed by atoms with van der Waals surface area (Å²) in [6.07, 6.45) is 0. The van der Waals surface area contributed by atoms with Gasteiger partial charge in [-0.3, -0.25) is 19.6 Å². The number of carbonyl (C=O) groups excluding carboxylic acids is 2. The lowest BCUT2D eigenvalue weighted by molar-refractivity contribution is -0.380. The molecule has 0 radical (unpaired) electrons. The predicted octanol–water partition coefficient (Wildman–Crippen LogP) is 2.61. The Morgan fingerprint density at radius 3 is 2.71 bits per heavy atom. The highest BCUT2D eigenvalue weighted by molar-refractivity contribution is 7.19. The average molecular weight is 352 g/mol. The lowest BCUT2D eigenvalue weighted by atomic mass is 10.3. The second kappa shape index (κ2) is 7.21. The second-order valence-corrected chi connectivity index (χ2v) is 5.78. The summed E-state index contributed by atoms with van der Waals surface area (Å²) >= 11 is 0.704. The second-order valence-electron chi connectivity index (χ2n) is 4.75. The molecule has 9 nitrogen and oxygen atoms in total. The molecule has 0 unspecified atom stereocenters. The highest BCUT2D eigenvalue weighted by atomic mass is 32.1. The molecule has 1 amide bonds. The van der Waals surface area contributed by atoms with Crippen LogP contribution in [0.15, 0.2) is 12.1 Å². The summed E-state index contributed by atoms with van der Waals surface area (Å²) in [6.45, 7) is 5.83. The number of nitro groups is 1. The van der Waals surface area contributed by atoms with Gasteiger partial charge in [-0.05, 0) is 38.2 Å². The number of thiophene rings is 1. The van der Waals surface area contributed by atoms with Gasteiger partial charge in [-0.1, -0.05) is 0 Å². The van der Waals surface area contributed by atoms with Gasteiger partial charge in [-0.2, -0.15) is 5.10 Å². The van der Waals surface area contributed by atoms with Crippen molar-refractivity contribution >= 4 is 33.2 Å². The highest BCUT2D eigenvalue weighted by Crippen LogP contribution is 2.34. The first-order valence-corrected chi connectivity index (χ1v) is 8.00. The largest absolute Gasteiger partial charge is 0.462 e. The van der Waals surface area contributed by atoms with Crippen LogP contribution in [0.1, 0.15) is 40.4 Å². The molecule has 2 aromatic rings. The van der Waals surface area contributed by atoms with Crippen LogP contribution in [-0.2, 0) is 11.3 Å². The Kier molecular flexibility index (Phi) is 5.29. The number of carbonyl (C=O) groups is 2. The van der Waals surface area contributed by atoms with Crippen LogP contribution in [0.25, 0.3) is 0 Å². The molecule has 0 aliphatic heterocycles. The Labute approximate surface area is 141 Å². The molecule has 0 saturated heterocycles. The Morgan fingerprint density at radius 2 is 2.12 bits per heavy atom. The monoisotopic (exact) mass is 352 g/mol. The van der Waals surface area contributed by atoms with E-state index in [4.69, 9.17) is 4.74 Å². The summed E-state index contributed by atoms with van der Waals surface area (Å²) in [5, 5.41) is 17.5. The molecule has 2 aromatic heterocycles. The standard InChI is InChI=1S/C14H16N4O5S/c1-4-17-10(6-8(3)16-17)12(19)15-13-9(14(20)23-5-2)7-11(24-13)18(21)22/h6-7H,4-5H2,1-3H3,(H,15,19). The van der Waals surface area contributed by atoms with E-state index >= 15 is 0 Å². The van der Waals surface area contributed by atoms with Crippen molar-refractivity contribution in [1.29, 1.82) is 0 Å². The Morgan fingerprint density at radius 1 is 1.42 bits per heavy atom. The number of aromatic nitrogens is 2. The Hall–Kier alpha value is -2.75. The van der Waals surface area contributed by atoms with Gasteiger partial charge in [0.25, 0.3) is 5.91 Å². The minimum Gasteiger partial charge on any atom is -0.462 e. The van der Waals surface area contributed by atoms with E-state index in [1.54, 1.807) is 19.9 Å². The first-order chi connectivity index (χ1) is 11.4. The van der Waals surface area contributed by atoms with Crippen LogP contribution in [0, 0.1) is 17.0 Å². The number of nitrogens with one attached hydrogen (secondary N) is 1. The fourth-order valence-electron chi connectivity index (χ4n) is 2.06. The van der Waals surface area contributed by atoms with Crippen LogP contribution in [-0.4, -0.2) is 33.2 Å². The van der Waals surface area contributed by atoms with Crippen molar-refractivity contribution in [2.24, 2.45) is 0 Å². The minimum atomic E-state index is -0.725. The van der Waals surface area contributed by atoms with Crippen LogP contribution < -0.4 is 5.32 Å². The summed E-state index contributed by atoms with van der Waals surface area (Å²) in [5.41, 5.74) is 0.937. The molecular weight excluding hydrogens is 336 g/mol. The SMILES string of the molecule is CCOC(=O)c1cc([N+](=O)[O-])sc1NC(=O)c1cc(C)nn1CC. The van der Waals surface area contributed by atoms with Crippen LogP contribution >= 0.6 is 11.3 Å². The maximum absolute atomic E-state index is 12.4. The van der Waals surface area contributed by atoms with Gasteiger partial charge in [0.15, 0.2) is 0 Å². The third kappa shape index (κ3) is 3.59. The molecule has 1 N–H and O–H groups in total. The number of rotatable bonds is 6. The zero-order chi connectivity index (χ0) is 17.9. The van der Waals surface area contributed by atoms with Crippen molar-refractivity contribution in [2.75, 3.05) is 11.9 Å². The molecule has 2 rings (SSSR count). The molecule has 24 heavy (non-hydrogen) atoms. The van der Waals surface area contributed by atoms with Crippen LogP contribution in [0.4, 0.5) is 10.0 Å². The van der Waals surface area contributed by atoms with Gasteiger partial charge in [0.2, 0.25) is 0 Å². The molecule has 2 heterocycles. The fourth-order valence-corrected chi connectivity index (χ4v) is 2.91. The van der Waals surface area contributed by atoms with Crippen molar-refractivity contribution in [2.45, 2.75) is 27.3 Å². The number of aryl methyl sites for hydroxylation is 2. The molecule has 0 saturated carbocycles. The number of hydrogen-bond acceptors (Lipinski definition) is 7. The van der Waals surface area contributed by atoms with Crippen molar-refractivity contribution in [1.82, 2.24) is 9.78 Å². The van der Waals surface area contributed by atoms with Gasteiger partial charge in [0, 0.05) is 12.6 Å². The summed E-state index contributed by atoms with van der Waals surface area (Å²) in [7, 11) is 0. The predicted molar refractivity (Wildman–Crippen MR) is 87.5 cm³/mol. The topological polar surface area (TPSA) is 116 Å². The van der Waals surface area contributed by atoms with E-state index in [1.165, 1.54) is 4.68 Å². The summed E-state index contributed by atoms with van der Waals surface area (Å²) in [4.78, 5) is 34.7. The first-order valence-electron chi connectivity index (χ1n) is 7.18. The molecule has 0 spiro atoms. The van der Waals surface area contributed by atoms with Crippen LogP contribution in [0.3, 0.4) is 0 Å². The normalized spacial score (nSPS) is 10.5. The summed E-state index contributed by atoms with van der Waals surface area (Å²) < 4.78 is 6.38. The first kappa shape index (κ1) is 17.6. The molecule has 0 aromatic carbocycles. The Bertz CT molecular complexity index is 795. The minimum absolute atomic E-state index is 0.0406. The lowest BCUT2D eigenvalue weighted by Crippen LogP contribution is -2.18. The van der Waals surface area contributed by atoms with E-state index in [0.717, 1.165) is 6.07 Å². The van der Waals surface area contributed by atoms with Crippen molar-refractivity contribution < 1.29 is 19.2 Å². The van der Waals surface area contributed by atoms with Gasteiger partial charge in [0.05, 0.1) is 17.2 Å². The Balaban J connectivity index is 2.35. The number of anilines is 1. The molecular formula is C14H16N4O5S. The summed E-state index contributed by atoms with van der Waals surface area (Å²) in [5.74, 6) is -1.22. The third-order valence-corrected chi connectivity index (χ3v) is 4.06. The van der Waals surface area contributed by atoms with E-state index in [2.05, 4.69) is 10.4 Å². The maximum atomic E-state index is 12.4. The third-order valence-electron chi connectivity index (χ3n) is 3.06. The zero-order valence-electron chi connectivity index (χ0n) is 13.4. The van der Waals surface area contributed by atoms with Gasteiger partial charge in [0.1, 0.15) is 16.3 Å². The van der Waals surface area contributed by atoms with Gasteiger partial charge in [-0.15, -0.1) is 0 Å². The van der Waals surface area contributed by atoms with E-state index < -0.39 is 16.8 Å². The quantitative estimate of drug-likeness (QED) is 0.485. The molecule has 0 atom stereocenters. The average Bonchev–Trinajstić information content (AvgIpc) is 3.11. The molecule has 0 aliphatic carbocycles. The molecule has 0 fully saturated rings. The lowest BCUT2D eigenvalue weighted by Gasteiger charge is -2.06. The van der Waals surface area contributed by atoms with Crippen LogP contribution in [0.2, 0.25) is 0 Å². The zero-order valence-corrected chi connectivity index (χ0v) is 14.2. The van der Waals surface area contributed by atoms with Crippen molar-refractivity contribution in [3.8, 4) is 0 Å². The molecule has 0 aliphatic rings. The summed E-state index contributed by atoms with van der Waals surface area (Å²) in [6, 6.07) is 2.70. The number of hydrogen-bond donors (Lipinski definition) is 1. The van der Waals surface area contributed by atoms with Crippen molar-refractivity contribution in [3.05, 3.63) is 39.2 Å².